The number of piperidine rings is 1. The highest BCUT2D eigenvalue weighted by atomic mass is 16.5. The number of ether oxygens (including phenoxy) is 2. The summed E-state index contributed by atoms with van der Waals surface area (Å²) in [6.07, 6.45) is 4.01. The largest absolute Gasteiger partial charge is 0.384 e. The fraction of sp³-hybridized carbons (Fsp3) is 1.00. The van der Waals surface area contributed by atoms with Crippen molar-refractivity contribution in [3.05, 3.63) is 0 Å². The van der Waals surface area contributed by atoms with E-state index < -0.39 is 0 Å². The van der Waals surface area contributed by atoms with Crippen LogP contribution in [0.15, 0.2) is 0 Å². The van der Waals surface area contributed by atoms with Crippen LogP contribution in [0.1, 0.15) is 19.3 Å². The summed E-state index contributed by atoms with van der Waals surface area (Å²) in [4.78, 5) is 0. The fourth-order valence-corrected chi connectivity index (χ4v) is 2.65. The molecule has 13 heavy (non-hydrogen) atoms. The second-order valence-electron chi connectivity index (χ2n) is 4.22. The van der Waals surface area contributed by atoms with E-state index in [1.807, 2.05) is 0 Å². The van der Waals surface area contributed by atoms with Gasteiger partial charge in [0.2, 0.25) is 0 Å². The molecule has 1 N–H and O–H groups in total. The average Bonchev–Trinajstić information content (AvgIpc) is 2.18. The zero-order valence-electron chi connectivity index (χ0n) is 8.34. The SMILES string of the molecule is COC[C@@]12CCCO[C@@H]1CCNC2. The lowest BCUT2D eigenvalue weighted by Gasteiger charge is -2.46. The molecule has 3 heteroatoms. The highest BCUT2D eigenvalue weighted by molar-refractivity contribution is 4.95. The Labute approximate surface area is 79.8 Å². The van der Waals surface area contributed by atoms with Gasteiger partial charge in [0.05, 0.1) is 12.7 Å². The quantitative estimate of drug-likeness (QED) is 0.690. The minimum absolute atomic E-state index is 0.269. The molecule has 2 rings (SSSR count). The van der Waals surface area contributed by atoms with Crippen LogP contribution in [0.5, 0.6) is 0 Å². The number of hydrogen-bond donors (Lipinski definition) is 1. The van der Waals surface area contributed by atoms with Crippen molar-refractivity contribution >= 4 is 0 Å². The van der Waals surface area contributed by atoms with Gasteiger partial charge in [-0.1, -0.05) is 0 Å². The molecular formula is C10H19NO2. The topological polar surface area (TPSA) is 30.5 Å². The molecule has 0 spiro atoms. The van der Waals surface area contributed by atoms with Crippen LogP contribution in [0, 0.1) is 5.41 Å². The molecular weight excluding hydrogens is 166 g/mol. The standard InChI is InChI=1S/C10H19NO2/c1-12-8-10-4-2-6-13-9(10)3-5-11-7-10/h9,11H,2-8H2,1H3/t9-,10+/m1/s1. The fourth-order valence-electron chi connectivity index (χ4n) is 2.65. The van der Waals surface area contributed by atoms with Gasteiger partial charge in [0.15, 0.2) is 0 Å². The molecule has 2 fully saturated rings. The Balaban J connectivity index is 2.06. The van der Waals surface area contributed by atoms with Gasteiger partial charge in [-0.25, -0.2) is 0 Å². The van der Waals surface area contributed by atoms with Gasteiger partial charge in [-0.3, -0.25) is 0 Å². The van der Waals surface area contributed by atoms with Gasteiger partial charge in [0, 0.05) is 25.7 Å². The Morgan fingerprint density at radius 2 is 2.54 bits per heavy atom. The second-order valence-corrected chi connectivity index (χ2v) is 4.22. The number of hydrogen-bond acceptors (Lipinski definition) is 3. The summed E-state index contributed by atoms with van der Waals surface area (Å²) in [5.41, 5.74) is 0.269. The molecule has 2 saturated heterocycles. The Hall–Kier alpha value is -0.120. The molecule has 2 atom stereocenters. The summed E-state index contributed by atoms with van der Waals surface area (Å²) in [6.45, 7) is 3.93. The summed E-state index contributed by atoms with van der Waals surface area (Å²) in [5, 5.41) is 3.45. The average molecular weight is 185 g/mol. The molecule has 0 radical (unpaired) electrons. The highest BCUT2D eigenvalue weighted by Gasteiger charge is 2.43. The van der Waals surface area contributed by atoms with Crippen LogP contribution in [-0.2, 0) is 9.47 Å². The summed E-state index contributed by atoms with van der Waals surface area (Å²) in [7, 11) is 1.79. The van der Waals surface area contributed by atoms with Crippen LogP contribution in [0.4, 0.5) is 0 Å². The molecule has 3 nitrogen and oxygen atoms in total. The van der Waals surface area contributed by atoms with Gasteiger partial charge in [0.1, 0.15) is 0 Å². The summed E-state index contributed by atoms with van der Waals surface area (Å²) < 4.78 is 11.1. The zero-order chi connectivity index (χ0) is 9.15. The maximum atomic E-state index is 5.82. The lowest BCUT2D eigenvalue weighted by molar-refractivity contribution is -0.124. The van der Waals surface area contributed by atoms with Gasteiger partial charge in [-0.15, -0.1) is 0 Å². The van der Waals surface area contributed by atoms with Crippen molar-refractivity contribution in [1.82, 2.24) is 5.32 Å². The smallest absolute Gasteiger partial charge is 0.0677 e. The second kappa shape index (κ2) is 3.95. The van der Waals surface area contributed by atoms with Crippen molar-refractivity contribution in [2.45, 2.75) is 25.4 Å². The molecule has 2 aliphatic heterocycles. The van der Waals surface area contributed by atoms with Crippen LogP contribution in [-0.4, -0.2) is 39.5 Å². The van der Waals surface area contributed by atoms with Crippen molar-refractivity contribution in [1.29, 1.82) is 0 Å². The van der Waals surface area contributed by atoms with E-state index in [2.05, 4.69) is 5.32 Å². The molecule has 0 amide bonds. The predicted molar refractivity (Wildman–Crippen MR) is 50.8 cm³/mol. The maximum Gasteiger partial charge on any atom is 0.0677 e. The summed E-state index contributed by atoms with van der Waals surface area (Å²) in [5.74, 6) is 0. The summed E-state index contributed by atoms with van der Waals surface area (Å²) in [6, 6.07) is 0. The van der Waals surface area contributed by atoms with Crippen molar-refractivity contribution < 1.29 is 9.47 Å². The minimum atomic E-state index is 0.269. The first-order valence-corrected chi connectivity index (χ1v) is 5.19. The first-order chi connectivity index (χ1) is 6.37. The van der Waals surface area contributed by atoms with Gasteiger partial charge < -0.3 is 14.8 Å². The first kappa shape index (κ1) is 9.44. The molecule has 2 aliphatic rings. The lowest BCUT2D eigenvalue weighted by Crippen LogP contribution is -2.55. The molecule has 0 unspecified atom stereocenters. The molecule has 0 aromatic rings. The molecule has 0 aromatic heterocycles. The van der Waals surface area contributed by atoms with Crippen molar-refractivity contribution in [3.63, 3.8) is 0 Å². The Morgan fingerprint density at radius 1 is 1.62 bits per heavy atom. The molecule has 0 saturated carbocycles. The first-order valence-electron chi connectivity index (χ1n) is 5.19. The van der Waals surface area contributed by atoms with Crippen LogP contribution in [0.25, 0.3) is 0 Å². The van der Waals surface area contributed by atoms with Crippen LogP contribution < -0.4 is 5.32 Å². The van der Waals surface area contributed by atoms with Gasteiger partial charge in [-0.2, -0.15) is 0 Å². The molecule has 76 valence electrons. The normalized spacial score (nSPS) is 39.9. The van der Waals surface area contributed by atoms with E-state index >= 15 is 0 Å². The third-order valence-electron chi connectivity index (χ3n) is 3.31. The van der Waals surface area contributed by atoms with Crippen molar-refractivity contribution in [2.24, 2.45) is 5.41 Å². The van der Waals surface area contributed by atoms with Crippen molar-refractivity contribution in [2.75, 3.05) is 33.4 Å². The van der Waals surface area contributed by atoms with Crippen molar-refractivity contribution in [3.8, 4) is 0 Å². The molecule has 0 aliphatic carbocycles. The maximum absolute atomic E-state index is 5.82. The third-order valence-corrected chi connectivity index (χ3v) is 3.31. The number of methoxy groups -OCH3 is 1. The Bertz CT molecular complexity index is 155. The van der Waals surface area contributed by atoms with E-state index in [1.54, 1.807) is 7.11 Å². The Kier molecular flexibility index (Phi) is 2.86. The number of fused-ring (bicyclic) bond motifs is 1. The van der Waals surface area contributed by atoms with E-state index in [1.165, 1.54) is 12.8 Å². The van der Waals surface area contributed by atoms with Crippen LogP contribution in [0.3, 0.4) is 0 Å². The van der Waals surface area contributed by atoms with E-state index in [0.717, 1.165) is 32.7 Å². The number of nitrogens with one attached hydrogen (secondary N) is 1. The summed E-state index contributed by atoms with van der Waals surface area (Å²) >= 11 is 0. The van der Waals surface area contributed by atoms with Gasteiger partial charge >= 0.3 is 0 Å². The zero-order valence-corrected chi connectivity index (χ0v) is 8.34. The van der Waals surface area contributed by atoms with Gasteiger partial charge in [0.25, 0.3) is 0 Å². The van der Waals surface area contributed by atoms with Gasteiger partial charge in [-0.05, 0) is 25.8 Å². The van der Waals surface area contributed by atoms with E-state index in [9.17, 15) is 0 Å². The minimum Gasteiger partial charge on any atom is -0.384 e. The van der Waals surface area contributed by atoms with E-state index in [4.69, 9.17) is 9.47 Å². The third kappa shape index (κ3) is 1.73. The van der Waals surface area contributed by atoms with E-state index in [0.29, 0.717) is 6.10 Å². The molecule has 0 aromatic carbocycles. The van der Waals surface area contributed by atoms with Crippen LogP contribution in [0.2, 0.25) is 0 Å². The van der Waals surface area contributed by atoms with Crippen LogP contribution >= 0.6 is 0 Å². The predicted octanol–water partition coefficient (Wildman–Crippen LogP) is 0.792. The molecule has 0 bridgehead atoms. The van der Waals surface area contributed by atoms with E-state index in [-0.39, 0.29) is 5.41 Å². The lowest BCUT2D eigenvalue weighted by atomic mass is 9.74. The highest BCUT2D eigenvalue weighted by Crippen LogP contribution is 2.37. The molecule has 2 heterocycles. The Morgan fingerprint density at radius 3 is 3.38 bits per heavy atom. The number of rotatable bonds is 2. The monoisotopic (exact) mass is 185 g/mol.